The van der Waals surface area contributed by atoms with Crippen LogP contribution in [0.1, 0.15) is 43.0 Å². The zero-order valence-corrected chi connectivity index (χ0v) is 25.3. The minimum atomic E-state index is -2.36. The average Bonchev–Trinajstić information content (AvgIpc) is 2.84. The summed E-state index contributed by atoms with van der Waals surface area (Å²) in [6, 6.07) is 21.6. The Bertz CT molecular complexity index is 1190. The van der Waals surface area contributed by atoms with Crippen LogP contribution in [0, 0.1) is 20.8 Å². The number of hydrogen-bond acceptors (Lipinski definition) is 5. The first-order valence-corrected chi connectivity index (χ1v) is 16.1. The summed E-state index contributed by atoms with van der Waals surface area (Å²) in [4.78, 5) is 14.0. The first kappa shape index (κ1) is 29.5. The van der Waals surface area contributed by atoms with Crippen LogP contribution in [0.25, 0.3) is 0 Å². The van der Waals surface area contributed by atoms with Crippen molar-refractivity contribution < 1.29 is 18.7 Å². The third-order valence-electron chi connectivity index (χ3n) is 7.37. The van der Waals surface area contributed by atoms with Crippen molar-refractivity contribution in [3.63, 3.8) is 0 Å². The van der Waals surface area contributed by atoms with Crippen molar-refractivity contribution >= 4 is 20.0 Å². The fraction of sp³-hybridized carbons (Fsp3) is 0.406. The number of carbonyl (C=O) groups is 1. The molecule has 0 aromatic heterocycles. The first-order chi connectivity index (χ1) is 17.8. The third-order valence-corrected chi connectivity index (χ3v) is 11.8. The van der Waals surface area contributed by atoms with Crippen molar-refractivity contribution in [2.24, 2.45) is 0 Å². The van der Waals surface area contributed by atoms with Crippen molar-refractivity contribution in [3.05, 3.63) is 89.0 Å². The molecule has 0 fully saturated rings. The molecule has 38 heavy (non-hydrogen) atoms. The van der Waals surface area contributed by atoms with E-state index in [-0.39, 0.29) is 17.0 Å². The van der Waals surface area contributed by atoms with E-state index in [1.54, 1.807) is 7.11 Å². The van der Waals surface area contributed by atoms with Gasteiger partial charge in [0.25, 0.3) is 0 Å². The van der Waals surface area contributed by atoms with Crippen LogP contribution in [0.3, 0.4) is 0 Å². The normalized spacial score (nSPS) is 13.5. The molecule has 3 aromatic carbocycles. The number of rotatable bonds is 10. The number of benzene rings is 3. The molecule has 6 heteroatoms. The van der Waals surface area contributed by atoms with E-state index >= 15 is 0 Å². The lowest BCUT2D eigenvalue weighted by Crippen LogP contribution is -2.53. The van der Waals surface area contributed by atoms with E-state index in [4.69, 9.17) is 13.9 Å². The van der Waals surface area contributed by atoms with Crippen LogP contribution in [0.15, 0.2) is 66.7 Å². The Morgan fingerprint density at radius 2 is 1.50 bits per heavy atom. The summed E-state index contributed by atoms with van der Waals surface area (Å²) in [7, 11) is -0.709. The molecule has 0 amide bonds. The van der Waals surface area contributed by atoms with Gasteiger partial charge in [0.05, 0.1) is 13.2 Å². The van der Waals surface area contributed by atoms with Crippen LogP contribution in [-0.2, 0) is 15.6 Å². The topological polar surface area (TPSA) is 56.8 Å². The van der Waals surface area contributed by atoms with Crippen molar-refractivity contribution in [2.75, 3.05) is 12.4 Å². The molecule has 0 saturated heterocycles. The molecule has 5 nitrogen and oxygen atoms in total. The maximum atomic E-state index is 14.0. The van der Waals surface area contributed by atoms with E-state index in [0.717, 1.165) is 33.7 Å². The van der Waals surface area contributed by atoms with Gasteiger partial charge >= 0.3 is 5.97 Å². The molecular weight excluding hydrogens is 490 g/mol. The average molecular weight is 534 g/mol. The van der Waals surface area contributed by atoms with Crippen molar-refractivity contribution in [2.45, 2.75) is 78.2 Å². The molecule has 0 aliphatic carbocycles. The number of nitrogens with one attached hydrogen (secondary N) is 1. The van der Waals surface area contributed by atoms with Gasteiger partial charge in [-0.15, -0.1) is 0 Å². The van der Waals surface area contributed by atoms with Gasteiger partial charge in [-0.1, -0.05) is 68.8 Å². The highest BCUT2D eigenvalue weighted by Crippen LogP contribution is 2.38. The Labute approximate surface area is 229 Å². The van der Waals surface area contributed by atoms with Crippen LogP contribution < -0.4 is 14.8 Å². The van der Waals surface area contributed by atoms with E-state index in [0.29, 0.717) is 12.2 Å². The maximum Gasteiger partial charge on any atom is 0.341 e. The fourth-order valence-corrected chi connectivity index (χ4v) is 5.53. The van der Waals surface area contributed by atoms with Gasteiger partial charge in [0.15, 0.2) is 14.4 Å². The van der Waals surface area contributed by atoms with Gasteiger partial charge in [-0.25, -0.2) is 4.79 Å². The summed E-state index contributed by atoms with van der Waals surface area (Å²) < 4.78 is 18.3. The summed E-state index contributed by atoms with van der Waals surface area (Å²) in [5.74, 6) is 0.994. The third kappa shape index (κ3) is 7.48. The summed E-state index contributed by atoms with van der Waals surface area (Å²) in [5, 5.41) is 3.51. The highest BCUT2D eigenvalue weighted by molar-refractivity contribution is 6.74. The van der Waals surface area contributed by atoms with Gasteiger partial charge in [-0.2, -0.15) is 0 Å². The number of ether oxygens (including phenoxy) is 2. The second kappa shape index (κ2) is 12.2. The van der Waals surface area contributed by atoms with Crippen LogP contribution in [0.4, 0.5) is 5.69 Å². The van der Waals surface area contributed by atoms with E-state index in [1.807, 2.05) is 75.4 Å². The molecule has 0 aliphatic heterocycles. The van der Waals surface area contributed by atoms with E-state index in [1.165, 1.54) is 0 Å². The molecule has 1 N–H and O–H groups in total. The van der Waals surface area contributed by atoms with Gasteiger partial charge in [0.2, 0.25) is 0 Å². The van der Waals surface area contributed by atoms with Crippen molar-refractivity contribution in [3.8, 4) is 11.5 Å². The molecule has 0 heterocycles. The van der Waals surface area contributed by atoms with E-state index in [9.17, 15) is 4.79 Å². The monoisotopic (exact) mass is 533 g/mol. The largest absolute Gasteiger partial charge is 0.497 e. The molecule has 3 rings (SSSR count). The van der Waals surface area contributed by atoms with Gasteiger partial charge in [0, 0.05) is 5.69 Å². The number of methoxy groups -OCH3 is 1. The Kier molecular flexibility index (Phi) is 9.44. The van der Waals surface area contributed by atoms with Crippen LogP contribution >= 0.6 is 0 Å². The summed E-state index contributed by atoms with van der Waals surface area (Å²) in [6.45, 7) is 16.9. The predicted molar refractivity (Wildman–Crippen MR) is 159 cm³/mol. The summed E-state index contributed by atoms with van der Waals surface area (Å²) in [5.41, 5.74) is 5.00. The van der Waals surface area contributed by atoms with E-state index < -0.39 is 14.4 Å². The quantitative estimate of drug-likeness (QED) is 0.165. The second-order valence-electron chi connectivity index (χ2n) is 11.6. The minimum Gasteiger partial charge on any atom is -0.497 e. The van der Waals surface area contributed by atoms with Crippen LogP contribution in [0.5, 0.6) is 11.5 Å². The Morgan fingerprint density at radius 3 is 2.03 bits per heavy atom. The first-order valence-electron chi connectivity index (χ1n) is 13.2. The molecule has 204 valence electrons. The zero-order chi connectivity index (χ0) is 28.1. The number of aryl methyl sites for hydroxylation is 3. The van der Waals surface area contributed by atoms with Gasteiger partial charge < -0.3 is 19.2 Å². The fourth-order valence-electron chi connectivity index (χ4n) is 4.28. The number of anilines is 1. The molecule has 2 atom stereocenters. The highest BCUT2D eigenvalue weighted by atomic mass is 28.4. The molecule has 3 aromatic rings. The van der Waals surface area contributed by atoms with Crippen molar-refractivity contribution in [1.29, 1.82) is 0 Å². The zero-order valence-electron chi connectivity index (χ0n) is 24.3. The Morgan fingerprint density at radius 1 is 0.921 bits per heavy atom. The molecule has 0 bridgehead atoms. The maximum absolute atomic E-state index is 14.0. The molecule has 0 saturated carbocycles. The highest BCUT2D eigenvalue weighted by Gasteiger charge is 2.44. The van der Waals surface area contributed by atoms with Gasteiger partial charge in [-0.05, 0) is 86.3 Å². The molecular formula is C32H43NO4Si. The lowest BCUT2D eigenvalue weighted by atomic mass is 10.0. The molecule has 2 unspecified atom stereocenters. The van der Waals surface area contributed by atoms with Gasteiger partial charge in [0.1, 0.15) is 11.5 Å². The molecule has 0 spiro atoms. The summed E-state index contributed by atoms with van der Waals surface area (Å²) >= 11 is 0. The SMILES string of the molecule is COc1ccc(NC(Cc2ccccc2)C(O[Si](C)(C)C(C)(C)C)C(=O)Oc2c(C)cc(C)cc2C)cc1. The van der Waals surface area contributed by atoms with E-state index in [2.05, 4.69) is 51.3 Å². The number of esters is 1. The smallest absolute Gasteiger partial charge is 0.341 e. The number of hydrogen-bond donors (Lipinski definition) is 1. The van der Waals surface area contributed by atoms with Gasteiger partial charge in [-0.3, -0.25) is 0 Å². The lowest BCUT2D eigenvalue weighted by Gasteiger charge is -2.41. The standard InChI is InChI=1S/C32H43NO4Si/c1-22-19-23(2)29(24(3)20-22)36-31(34)30(37-38(8,9)32(4,5)6)28(21-25-13-11-10-12-14-25)33-26-15-17-27(35-7)18-16-26/h10-20,28,30,33H,21H2,1-9H3. The predicted octanol–water partition coefficient (Wildman–Crippen LogP) is 7.64. The summed E-state index contributed by atoms with van der Waals surface area (Å²) in [6.07, 6.45) is -0.231. The van der Waals surface area contributed by atoms with Crippen LogP contribution in [-0.4, -0.2) is 33.5 Å². The Balaban J connectivity index is 2.05. The minimum absolute atomic E-state index is 0.0847. The van der Waals surface area contributed by atoms with Crippen molar-refractivity contribution in [1.82, 2.24) is 0 Å². The molecule has 0 aliphatic rings. The molecule has 0 radical (unpaired) electrons. The van der Waals surface area contributed by atoms with Crippen LogP contribution in [0.2, 0.25) is 18.1 Å². The lowest BCUT2D eigenvalue weighted by molar-refractivity contribution is -0.143. The Hall–Kier alpha value is -3.09. The number of carbonyl (C=O) groups excluding carboxylic acids is 1. The second-order valence-corrected chi connectivity index (χ2v) is 16.4.